The number of benzene rings is 1. The summed E-state index contributed by atoms with van der Waals surface area (Å²) in [5.41, 5.74) is 7.96. The summed E-state index contributed by atoms with van der Waals surface area (Å²) in [6.45, 7) is 2.06. The van der Waals surface area contributed by atoms with Crippen LogP contribution in [0.1, 0.15) is 16.6 Å². The first kappa shape index (κ1) is 15.5. The summed E-state index contributed by atoms with van der Waals surface area (Å²) in [6.07, 6.45) is 0. The van der Waals surface area contributed by atoms with Crippen LogP contribution in [-0.4, -0.2) is 31.2 Å². The third-order valence-corrected chi connectivity index (χ3v) is 4.30. The Labute approximate surface area is 132 Å². The zero-order chi connectivity index (χ0) is 15.6. The zero-order valence-electron chi connectivity index (χ0n) is 12.1. The van der Waals surface area contributed by atoms with Crippen LogP contribution in [0.4, 0.5) is 11.5 Å². The topological polar surface area (TPSA) is 60.5 Å². The molecule has 2 rings (SSSR count). The highest BCUT2D eigenvalue weighted by atomic mass is 32.1. The average Bonchev–Trinajstić information content (AvgIpc) is 2.74. The van der Waals surface area contributed by atoms with E-state index in [4.69, 9.17) is 22.7 Å². The molecule has 0 saturated carbocycles. The fourth-order valence-corrected chi connectivity index (χ4v) is 3.13. The number of nitrogen functional groups attached to an aromatic ring is 1. The van der Waals surface area contributed by atoms with Crippen molar-refractivity contribution in [2.75, 3.05) is 31.3 Å². The SMILES string of the molecule is CCOC(=O)c1sc(=S)n(-c2ccc(N(C)C)cc2)c1N. The van der Waals surface area contributed by atoms with E-state index in [9.17, 15) is 4.79 Å². The number of nitrogens with two attached hydrogens (primary N) is 1. The molecule has 0 fully saturated rings. The second-order valence-electron chi connectivity index (χ2n) is 4.55. The molecule has 1 aromatic carbocycles. The highest BCUT2D eigenvalue weighted by Gasteiger charge is 2.18. The molecular weight excluding hydrogens is 306 g/mol. The summed E-state index contributed by atoms with van der Waals surface area (Å²) in [4.78, 5) is 14.2. The monoisotopic (exact) mass is 323 g/mol. The van der Waals surface area contributed by atoms with Crippen LogP contribution >= 0.6 is 23.6 Å². The number of thiazole rings is 1. The Hall–Kier alpha value is -1.86. The van der Waals surface area contributed by atoms with Crippen LogP contribution in [0, 0.1) is 3.95 Å². The second kappa shape index (κ2) is 6.28. The molecule has 0 bridgehead atoms. The fraction of sp³-hybridized carbons (Fsp3) is 0.286. The minimum absolute atomic E-state index is 0.306. The first-order valence-corrected chi connectivity index (χ1v) is 7.64. The van der Waals surface area contributed by atoms with Crippen molar-refractivity contribution in [1.82, 2.24) is 4.57 Å². The summed E-state index contributed by atoms with van der Waals surface area (Å²) in [6, 6.07) is 7.78. The molecule has 0 aliphatic rings. The highest BCUT2D eigenvalue weighted by Crippen LogP contribution is 2.27. The number of aromatic nitrogens is 1. The third-order valence-electron chi connectivity index (χ3n) is 2.93. The van der Waals surface area contributed by atoms with E-state index < -0.39 is 5.97 Å². The van der Waals surface area contributed by atoms with Crippen molar-refractivity contribution >= 4 is 41.0 Å². The number of ether oxygens (including phenoxy) is 1. The van der Waals surface area contributed by atoms with Gasteiger partial charge in [-0.05, 0) is 43.4 Å². The first-order chi connectivity index (χ1) is 9.95. The number of esters is 1. The van der Waals surface area contributed by atoms with Gasteiger partial charge in [0, 0.05) is 25.5 Å². The van der Waals surface area contributed by atoms with Crippen molar-refractivity contribution in [2.24, 2.45) is 0 Å². The third kappa shape index (κ3) is 3.08. The quantitative estimate of drug-likeness (QED) is 0.692. The Balaban J connectivity index is 2.45. The normalized spacial score (nSPS) is 10.4. The van der Waals surface area contributed by atoms with Gasteiger partial charge in [0.15, 0.2) is 8.83 Å². The largest absolute Gasteiger partial charge is 0.462 e. The van der Waals surface area contributed by atoms with E-state index in [-0.39, 0.29) is 0 Å². The minimum atomic E-state index is -0.435. The van der Waals surface area contributed by atoms with Crippen molar-refractivity contribution < 1.29 is 9.53 Å². The maximum absolute atomic E-state index is 11.8. The molecule has 0 saturated heterocycles. The Kier molecular flexibility index (Phi) is 4.64. The molecule has 0 aliphatic carbocycles. The van der Waals surface area contributed by atoms with E-state index in [1.165, 1.54) is 0 Å². The fourth-order valence-electron chi connectivity index (χ4n) is 1.87. The number of hydrogen-bond donors (Lipinski definition) is 1. The lowest BCUT2D eigenvalue weighted by molar-refractivity contribution is 0.0533. The van der Waals surface area contributed by atoms with E-state index in [1.54, 1.807) is 11.5 Å². The van der Waals surface area contributed by atoms with Crippen molar-refractivity contribution in [1.29, 1.82) is 0 Å². The van der Waals surface area contributed by atoms with E-state index in [0.29, 0.717) is 21.3 Å². The lowest BCUT2D eigenvalue weighted by atomic mass is 10.2. The van der Waals surface area contributed by atoms with Gasteiger partial charge in [-0.15, -0.1) is 0 Å². The van der Waals surface area contributed by atoms with Crippen LogP contribution in [-0.2, 0) is 4.74 Å². The summed E-state index contributed by atoms with van der Waals surface area (Å²) < 4.78 is 7.20. The molecule has 112 valence electrons. The molecule has 0 aliphatic heterocycles. The number of carbonyl (C=O) groups is 1. The van der Waals surface area contributed by atoms with Crippen LogP contribution in [0.3, 0.4) is 0 Å². The van der Waals surface area contributed by atoms with Crippen molar-refractivity contribution in [3.63, 3.8) is 0 Å². The summed E-state index contributed by atoms with van der Waals surface area (Å²) in [5, 5.41) is 0. The molecule has 21 heavy (non-hydrogen) atoms. The lowest BCUT2D eigenvalue weighted by Gasteiger charge is -2.13. The Bertz CT molecular complexity index is 702. The number of hydrogen-bond acceptors (Lipinski definition) is 6. The van der Waals surface area contributed by atoms with Crippen LogP contribution < -0.4 is 10.6 Å². The summed E-state index contributed by atoms with van der Waals surface area (Å²) in [5.74, 6) is -0.115. The van der Waals surface area contributed by atoms with Gasteiger partial charge in [0.2, 0.25) is 0 Å². The summed E-state index contributed by atoms with van der Waals surface area (Å²) >= 11 is 6.48. The van der Waals surface area contributed by atoms with Crippen LogP contribution in [0.25, 0.3) is 5.69 Å². The molecule has 0 unspecified atom stereocenters. The Morgan fingerprint density at radius 3 is 2.52 bits per heavy atom. The molecule has 1 aromatic heterocycles. The maximum atomic E-state index is 11.8. The Morgan fingerprint density at radius 2 is 2.00 bits per heavy atom. The van der Waals surface area contributed by atoms with Crippen molar-refractivity contribution in [2.45, 2.75) is 6.92 Å². The van der Waals surface area contributed by atoms with E-state index in [1.807, 2.05) is 43.3 Å². The van der Waals surface area contributed by atoms with Gasteiger partial charge in [-0.25, -0.2) is 4.79 Å². The molecule has 0 atom stereocenters. The van der Waals surface area contributed by atoms with Gasteiger partial charge in [0.05, 0.1) is 6.61 Å². The van der Waals surface area contributed by atoms with Crippen LogP contribution in [0.5, 0.6) is 0 Å². The van der Waals surface area contributed by atoms with Crippen molar-refractivity contribution in [3.8, 4) is 5.69 Å². The van der Waals surface area contributed by atoms with Crippen molar-refractivity contribution in [3.05, 3.63) is 33.1 Å². The molecule has 0 radical (unpaired) electrons. The average molecular weight is 323 g/mol. The molecule has 0 spiro atoms. The number of nitrogens with zero attached hydrogens (tertiary/aromatic N) is 2. The van der Waals surface area contributed by atoms with Gasteiger partial charge >= 0.3 is 5.97 Å². The van der Waals surface area contributed by atoms with E-state index in [0.717, 1.165) is 22.7 Å². The molecule has 2 aromatic rings. The van der Waals surface area contributed by atoms with E-state index >= 15 is 0 Å². The zero-order valence-corrected chi connectivity index (χ0v) is 13.8. The van der Waals surface area contributed by atoms with Gasteiger partial charge in [-0.3, -0.25) is 4.57 Å². The highest BCUT2D eigenvalue weighted by molar-refractivity contribution is 7.73. The standard InChI is InChI=1S/C14H17N3O2S2/c1-4-19-13(18)11-12(15)17(14(20)21-11)10-7-5-9(6-8-10)16(2)3/h5-8H,4,15H2,1-3H3. The molecular formula is C14H17N3O2S2. The van der Waals surface area contributed by atoms with Crippen LogP contribution in [0.2, 0.25) is 0 Å². The maximum Gasteiger partial charge on any atom is 0.352 e. The molecule has 2 N–H and O–H groups in total. The molecule has 7 heteroatoms. The molecule has 0 amide bonds. The molecule has 1 heterocycles. The lowest BCUT2D eigenvalue weighted by Crippen LogP contribution is -2.09. The predicted molar refractivity (Wildman–Crippen MR) is 89.2 cm³/mol. The minimum Gasteiger partial charge on any atom is -0.462 e. The predicted octanol–water partition coefficient (Wildman–Crippen LogP) is 3.09. The summed E-state index contributed by atoms with van der Waals surface area (Å²) in [7, 11) is 3.94. The van der Waals surface area contributed by atoms with E-state index in [2.05, 4.69) is 0 Å². The van der Waals surface area contributed by atoms with Gasteiger partial charge in [-0.1, -0.05) is 11.3 Å². The van der Waals surface area contributed by atoms with Gasteiger partial charge in [0.1, 0.15) is 5.82 Å². The first-order valence-electron chi connectivity index (χ1n) is 6.42. The number of rotatable bonds is 4. The van der Waals surface area contributed by atoms with Crippen LogP contribution in [0.15, 0.2) is 24.3 Å². The van der Waals surface area contributed by atoms with Gasteiger partial charge < -0.3 is 15.4 Å². The second-order valence-corrected chi connectivity index (χ2v) is 6.19. The van der Waals surface area contributed by atoms with Gasteiger partial charge in [0.25, 0.3) is 0 Å². The van der Waals surface area contributed by atoms with Gasteiger partial charge in [-0.2, -0.15) is 0 Å². The molecule has 5 nitrogen and oxygen atoms in total. The smallest absolute Gasteiger partial charge is 0.352 e. The number of anilines is 2. The number of carbonyl (C=O) groups excluding carboxylic acids is 1. The Morgan fingerprint density at radius 1 is 1.38 bits per heavy atom.